The molecule has 0 saturated carbocycles. The van der Waals surface area contributed by atoms with E-state index < -0.39 is 6.10 Å². The van der Waals surface area contributed by atoms with Crippen LogP contribution in [0.5, 0.6) is 5.75 Å². The van der Waals surface area contributed by atoms with E-state index >= 15 is 0 Å². The SMILES string of the molecule is CCC(C)(C(O)c1ccc(OC(C)C)cc1)N1CCCC1. The third-order valence-electron chi connectivity index (χ3n) is 4.70. The Balaban J connectivity index is 2.15. The highest BCUT2D eigenvalue weighted by Gasteiger charge is 2.39. The van der Waals surface area contributed by atoms with E-state index in [0.717, 1.165) is 30.8 Å². The molecule has 1 saturated heterocycles. The number of likely N-dealkylation sites (tertiary alicyclic amines) is 1. The van der Waals surface area contributed by atoms with E-state index in [0.29, 0.717) is 0 Å². The van der Waals surface area contributed by atoms with Crippen molar-refractivity contribution in [3.05, 3.63) is 29.8 Å². The highest BCUT2D eigenvalue weighted by atomic mass is 16.5. The van der Waals surface area contributed by atoms with Crippen molar-refractivity contribution >= 4 is 0 Å². The third kappa shape index (κ3) is 3.58. The van der Waals surface area contributed by atoms with E-state index in [9.17, 15) is 5.11 Å². The van der Waals surface area contributed by atoms with Crippen LogP contribution in [0.4, 0.5) is 0 Å². The van der Waals surface area contributed by atoms with Gasteiger partial charge in [0.25, 0.3) is 0 Å². The van der Waals surface area contributed by atoms with Crippen molar-refractivity contribution in [2.45, 2.75) is 64.7 Å². The first-order valence-corrected chi connectivity index (χ1v) is 8.17. The molecule has 2 atom stereocenters. The monoisotopic (exact) mass is 291 g/mol. The fraction of sp³-hybridized carbons (Fsp3) is 0.667. The van der Waals surface area contributed by atoms with Crippen LogP contribution in [0.2, 0.25) is 0 Å². The van der Waals surface area contributed by atoms with E-state index in [-0.39, 0.29) is 11.6 Å². The smallest absolute Gasteiger partial charge is 0.119 e. The summed E-state index contributed by atoms with van der Waals surface area (Å²) in [7, 11) is 0. The topological polar surface area (TPSA) is 32.7 Å². The number of aliphatic hydroxyl groups is 1. The molecule has 3 heteroatoms. The molecule has 0 amide bonds. The molecule has 2 rings (SSSR count). The molecule has 0 radical (unpaired) electrons. The van der Waals surface area contributed by atoms with Crippen LogP contribution < -0.4 is 4.74 Å². The predicted molar refractivity (Wildman–Crippen MR) is 86.7 cm³/mol. The average Bonchev–Trinajstić information content (AvgIpc) is 3.00. The summed E-state index contributed by atoms with van der Waals surface area (Å²) in [4.78, 5) is 2.44. The summed E-state index contributed by atoms with van der Waals surface area (Å²) in [6, 6.07) is 7.90. The number of nitrogens with zero attached hydrogens (tertiary/aromatic N) is 1. The van der Waals surface area contributed by atoms with Gasteiger partial charge in [0.2, 0.25) is 0 Å². The average molecular weight is 291 g/mol. The quantitative estimate of drug-likeness (QED) is 0.866. The molecule has 2 unspecified atom stereocenters. The van der Waals surface area contributed by atoms with Crippen molar-refractivity contribution in [2.75, 3.05) is 13.1 Å². The molecule has 1 aromatic carbocycles. The molecular weight excluding hydrogens is 262 g/mol. The van der Waals surface area contributed by atoms with Crippen LogP contribution in [0.15, 0.2) is 24.3 Å². The van der Waals surface area contributed by atoms with Gasteiger partial charge in [-0.15, -0.1) is 0 Å². The molecule has 118 valence electrons. The van der Waals surface area contributed by atoms with Gasteiger partial charge in [0.15, 0.2) is 0 Å². The van der Waals surface area contributed by atoms with E-state index in [2.05, 4.69) is 18.7 Å². The molecule has 1 N–H and O–H groups in total. The Kier molecular flexibility index (Phi) is 5.28. The Hall–Kier alpha value is -1.06. The van der Waals surface area contributed by atoms with E-state index in [1.165, 1.54) is 12.8 Å². The van der Waals surface area contributed by atoms with E-state index in [1.54, 1.807) is 0 Å². The largest absolute Gasteiger partial charge is 0.491 e. The van der Waals surface area contributed by atoms with Crippen molar-refractivity contribution in [3.63, 3.8) is 0 Å². The normalized spacial score (nSPS) is 20.5. The highest BCUT2D eigenvalue weighted by molar-refractivity contribution is 5.30. The number of ether oxygens (including phenoxy) is 1. The summed E-state index contributed by atoms with van der Waals surface area (Å²) in [6.07, 6.45) is 3.13. The Morgan fingerprint density at radius 3 is 2.24 bits per heavy atom. The lowest BCUT2D eigenvalue weighted by Crippen LogP contribution is -2.48. The Morgan fingerprint density at radius 1 is 1.19 bits per heavy atom. The zero-order chi connectivity index (χ0) is 15.5. The van der Waals surface area contributed by atoms with Crippen molar-refractivity contribution in [1.82, 2.24) is 4.90 Å². The first-order chi connectivity index (χ1) is 9.97. The summed E-state index contributed by atoms with van der Waals surface area (Å²) in [5.41, 5.74) is 0.791. The first kappa shape index (κ1) is 16.3. The number of hydrogen-bond acceptors (Lipinski definition) is 3. The van der Waals surface area contributed by atoms with Crippen LogP contribution in [0.1, 0.15) is 58.6 Å². The molecule has 1 aromatic rings. The van der Waals surface area contributed by atoms with Gasteiger partial charge in [-0.3, -0.25) is 4.90 Å². The second-order valence-electron chi connectivity index (χ2n) is 6.54. The minimum atomic E-state index is -0.464. The van der Waals surface area contributed by atoms with Crippen LogP contribution in [0.25, 0.3) is 0 Å². The molecule has 1 aliphatic rings. The lowest BCUT2D eigenvalue weighted by atomic mass is 9.85. The summed E-state index contributed by atoms with van der Waals surface area (Å²) in [5.74, 6) is 0.861. The van der Waals surface area contributed by atoms with Crippen molar-refractivity contribution in [1.29, 1.82) is 0 Å². The van der Waals surface area contributed by atoms with Crippen molar-refractivity contribution < 1.29 is 9.84 Å². The number of benzene rings is 1. The molecule has 1 aliphatic heterocycles. The van der Waals surface area contributed by atoms with Crippen LogP contribution >= 0.6 is 0 Å². The van der Waals surface area contributed by atoms with Gasteiger partial charge in [-0.1, -0.05) is 19.1 Å². The standard InChI is InChI=1S/C18H29NO2/c1-5-18(4,19-12-6-7-13-19)17(20)15-8-10-16(11-9-15)21-14(2)3/h8-11,14,17,20H,5-7,12-13H2,1-4H3. The summed E-state index contributed by atoms with van der Waals surface area (Å²) in [6.45, 7) is 10.6. The number of aliphatic hydroxyl groups excluding tert-OH is 1. The van der Waals surface area contributed by atoms with Crippen LogP contribution in [0, 0.1) is 0 Å². The maximum Gasteiger partial charge on any atom is 0.119 e. The van der Waals surface area contributed by atoms with Gasteiger partial charge in [0.1, 0.15) is 5.75 Å². The third-order valence-corrected chi connectivity index (χ3v) is 4.70. The number of rotatable bonds is 6. The van der Waals surface area contributed by atoms with Crippen molar-refractivity contribution in [3.8, 4) is 5.75 Å². The Labute approximate surface area is 128 Å². The summed E-state index contributed by atoms with van der Waals surface area (Å²) in [5, 5.41) is 10.9. The number of hydrogen-bond donors (Lipinski definition) is 1. The molecule has 0 aromatic heterocycles. The van der Waals surface area contributed by atoms with Crippen LogP contribution in [-0.4, -0.2) is 34.7 Å². The van der Waals surface area contributed by atoms with Crippen LogP contribution in [0.3, 0.4) is 0 Å². The van der Waals surface area contributed by atoms with Gasteiger partial charge in [0, 0.05) is 5.54 Å². The maximum absolute atomic E-state index is 10.9. The summed E-state index contributed by atoms with van der Waals surface area (Å²) < 4.78 is 5.67. The van der Waals surface area contributed by atoms with E-state index in [1.807, 2.05) is 38.1 Å². The van der Waals surface area contributed by atoms with Gasteiger partial charge >= 0.3 is 0 Å². The zero-order valence-electron chi connectivity index (χ0n) is 13.8. The fourth-order valence-electron chi connectivity index (χ4n) is 3.18. The predicted octanol–water partition coefficient (Wildman–Crippen LogP) is 3.77. The molecule has 0 aliphatic carbocycles. The van der Waals surface area contributed by atoms with Gasteiger partial charge in [-0.2, -0.15) is 0 Å². The summed E-state index contributed by atoms with van der Waals surface area (Å²) >= 11 is 0. The minimum absolute atomic E-state index is 0.172. The maximum atomic E-state index is 10.9. The fourth-order valence-corrected chi connectivity index (χ4v) is 3.18. The van der Waals surface area contributed by atoms with Crippen LogP contribution in [-0.2, 0) is 0 Å². The molecular formula is C18H29NO2. The van der Waals surface area contributed by atoms with Gasteiger partial charge in [-0.25, -0.2) is 0 Å². The minimum Gasteiger partial charge on any atom is -0.491 e. The van der Waals surface area contributed by atoms with Crippen molar-refractivity contribution in [2.24, 2.45) is 0 Å². The highest BCUT2D eigenvalue weighted by Crippen LogP contribution is 2.36. The lowest BCUT2D eigenvalue weighted by molar-refractivity contribution is -0.0140. The van der Waals surface area contributed by atoms with Gasteiger partial charge < -0.3 is 9.84 Å². The zero-order valence-corrected chi connectivity index (χ0v) is 13.8. The Morgan fingerprint density at radius 2 is 1.76 bits per heavy atom. The second-order valence-corrected chi connectivity index (χ2v) is 6.54. The van der Waals surface area contributed by atoms with Gasteiger partial charge in [0.05, 0.1) is 12.2 Å². The lowest BCUT2D eigenvalue weighted by Gasteiger charge is -2.42. The van der Waals surface area contributed by atoms with Gasteiger partial charge in [-0.05, 0) is 70.8 Å². The Bertz CT molecular complexity index is 437. The van der Waals surface area contributed by atoms with E-state index in [4.69, 9.17) is 4.74 Å². The molecule has 21 heavy (non-hydrogen) atoms. The second kappa shape index (κ2) is 6.80. The molecule has 1 heterocycles. The first-order valence-electron chi connectivity index (χ1n) is 8.17. The molecule has 0 bridgehead atoms. The molecule has 0 spiro atoms. The molecule has 1 fully saturated rings. The molecule has 3 nitrogen and oxygen atoms in total.